The van der Waals surface area contributed by atoms with E-state index >= 15 is 0 Å². The highest BCUT2D eigenvalue weighted by Crippen LogP contribution is 1.89. The summed E-state index contributed by atoms with van der Waals surface area (Å²) in [5.74, 6) is 5.02. The van der Waals surface area contributed by atoms with Gasteiger partial charge in [0.15, 0.2) is 5.11 Å². The van der Waals surface area contributed by atoms with Crippen LogP contribution in [-0.2, 0) is 0 Å². The monoisotopic (exact) mass is 176 g/mol. The van der Waals surface area contributed by atoms with Crippen molar-refractivity contribution in [3.8, 4) is 0 Å². The minimum Gasteiger partial charge on any atom is -0.300 e. The smallest absolute Gasteiger partial charge is 0.195 e. The van der Waals surface area contributed by atoms with E-state index in [9.17, 15) is 0 Å². The number of hydrazine groups is 2. The van der Waals surface area contributed by atoms with Gasteiger partial charge in [0, 0.05) is 6.54 Å². The molecule has 0 heterocycles. The molecule has 0 aliphatic heterocycles. The van der Waals surface area contributed by atoms with Crippen LogP contribution >= 0.6 is 12.2 Å². The molecule has 0 bridgehead atoms. The van der Waals surface area contributed by atoms with Crippen LogP contribution in [0.15, 0.2) is 0 Å². The van der Waals surface area contributed by atoms with Gasteiger partial charge in [-0.25, -0.2) is 11.3 Å². The van der Waals surface area contributed by atoms with Gasteiger partial charge in [0.05, 0.1) is 0 Å². The highest BCUT2D eigenvalue weighted by Gasteiger charge is 1.88. The Morgan fingerprint density at radius 2 is 2.18 bits per heavy atom. The van der Waals surface area contributed by atoms with Crippen LogP contribution < -0.4 is 22.1 Å². The van der Waals surface area contributed by atoms with Gasteiger partial charge >= 0.3 is 0 Å². The van der Waals surface area contributed by atoms with Crippen LogP contribution in [0.25, 0.3) is 0 Å². The first kappa shape index (κ1) is 10.6. The van der Waals surface area contributed by atoms with Crippen molar-refractivity contribution in [3.63, 3.8) is 0 Å². The van der Waals surface area contributed by atoms with Crippen molar-refractivity contribution in [2.75, 3.05) is 6.54 Å². The van der Waals surface area contributed by atoms with Crippen molar-refractivity contribution < 1.29 is 0 Å². The molecule has 0 aliphatic carbocycles. The number of thiocarbonyl (C=S) groups is 1. The SMILES string of the molecule is CCCCCNNC(=S)NN. The maximum atomic E-state index is 5.02. The van der Waals surface area contributed by atoms with Gasteiger partial charge in [-0.15, -0.1) is 0 Å². The minimum absolute atomic E-state index is 0.418. The van der Waals surface area contributed by atoms with Crippen molar-refractivity contribution in [1.82, 2.24) is 16.3 Å². The molecule has 0 radical (unpaired) electrons. The highest BCUT2D eigenvalue weighted by atomic mass is 32.1. The summed E-state index contributed by atoms with van der Waals surface area (Å²) in [5.41, 5.74) is 7.99. The number of unbranched alkanes of at least 4 members (excludes halogenated alkanes) is 2. The Bertz CT molecular complexity index is 107. The summed E-state index contributed by atoms with van der Waals surface area (Å²) in [4.78, 5) is 0. The van der Waals surface area contributed by atoms with E-state index in [-0.39, 0.29) is 0 Å². The quantitative estimate of drug-likeness (QED) is 0.206. The third kappa shape index (κ3) is 7.51. The van der Waals surface area contributed by atoms with E-state index < -0.39 is 0 Å². The van der Waals surface area contributed by atoms with Crippen molar-refractivity contribution in [2.45, 2.75) is 26.2 Å². The average Bonchev–Trinajstić information content (AvgIpc) is 2.04. The number of rotatable bonds is 5. The van der Waals surface area contributed by atoms with E-state index in [2.05, 4.69) is 23.2 Å². The molecule has 0 fully saturated rings. The van der Waals surface area contributed by atoms with Crippen LogP contribution in [0.3, 0.4) is 0 Å². The third-order valence-electron chi connectivity index (χ3n) is 1.24. The second-order valence-electron chi connectivity index (χ2n) is 2.23. The van der Waals surface area contributed by atoms with E-state index in [0.717, 1.165) is 13.0 Å². The second kappa shape index (κ2) is 7.71. The lowest BCUT2D eigenvalue weighted by atomic mass is 10.2. The summed E-state index contributed by atoms with van der Waals surface area (Å²) >= 11 is 4.72. The predicted molar refractivity (Wildman–Crippen MR) is 50.6 cm³/mol. The number of nitrogens with two attached hydrogens (primary N) is 1. The number of hydrogen-bond acceptors (Lipinski definition) is 3. The molecule has 0 saturated heterocycles. The van der Waals surface area contributed by atoms with Gasteiger partial charge in [-0.05, 0) is 18.6 Å². The third-order valence-corrected chi connectivity index (χ3v) is 1.46. The first-order valence-electron chi connectivity index (χ1n) is 3.80. The van der Waals surface area contributed by atoms with Gasteiger partial charge in [-0.3, -0.25) is 10.9 Å². The Balaban J connectivity index is 2.95. The van der Waals surface area contributed by atoms with Crippen LogP contribution in [0.5, 0.6) is 0 Å². The Kier molecular flexibility index (Phi) is 7.44. The Morgan fingerprint density at radius 1 is 1.45 bits per heavy atom. The van der Waals surface area contributed by atoms with E-state index in [0.29, 0.717) is 5.11 Å². The average molecular weight is 176 g/mol. The Labute approximate surface area is 72.9 Å². The maximum Gasteiger partial charge on any atom is 0.195 e. The first-order valence-corrected chi connectivity index (χ1v) is 4.21. The molecule has 0 atom stereocenters. The van der Waals surface area contributed by atoms with Gasteiger partial charge in [0.2, 0.25) is 0 Å². The Morgan fingerprint density at radius 3 is 2.73 bits per heavy atom. The first-order chi connectivity index (χ1) is 5.31. The van der Waals surface area contributed by atoms with Gasteiger partial charge in [-0.1, -0.05) is 19.8 Å². The van der Waals surface area contributed by atoms with Gasteiger partial charge < -0.3 is 0 Å². The molecule has 0 aliphatic rings. The van der Waals surface area contributed by atoms with E-state index in [1.165, 1.54) is 12.8 Å². The molecule has 0 amide bonds. The molecule has 0 aromatic carbocycles. The van der Waals surface area contributed by atoms with Crippen molar-refractivity contribution in [2.24, 2.45) is 5.84 Å². The molecule has 5 heteroatoms. The molecule has 0 rings (SSSR count). The van der Waals surface area contributed by atoms with Gasteiger partial charge in [0.1, 0.15) is 0 Å². The highest BCUT2D eigenvalue weighted by molar-refractivity contribution is 7.80. The Hall–Kier alpha value is -0.390. The summed E-state index contributed by atoms with van der Waals surface area (Å²) in [6.07, 6.45) is 3.61. The molecule has 0 aromatic rings. The van der Waals surface area contributed by atoms with E-state index in [4.69, 9.17) is 18.1 Å². The molecular weight excluding hydrogens is 160 g/mol. The molecule has 0 aromatic heterocycles. The summed E-state index contributed by atoms with van der Waals surface area (Å²) in [5, 5.41) is 0.418. The van der Waals surface area contributed by atoms with Crippen molar-refractivity contribution in [3.05, 3.63) is 0 Å². The minimum atomic E-state index is 0.418. The predicted octanol–water partition coefficient (Wildman–Crippen LogP) is 0.0190. The van der Waals surface area contributed by atoms with Crippen LogP contribution in [0.2, 0.25) is 0 Å². The van der Waals surface area contributed by atoms with Crippen LogP contribution in [0, 0.1) is 0 Å². The second-order valence-corrected chi connectivity index (χ2v) is 2.64. The van der Waals surface area contributed by atoms with Crippen LogP contribution in [0.4, 0.5) is 0 Å². The molecule has 5 N–H and O–H groups in total. The fourth-order valence-electron chi connectivity index (χ4n) is 0.642. The van der Waals surface area contributed by atoms with Crippen LogP contribution in [-0.4, -0.2) is 11.7 Å². The lowest BCUT2D eigenvalue weighted by Gasteiger charge is -2.07. The maximum absolute atomic E-state index is 5.02. The molecule has 0 saturated carbocycles. The van der Waals surface area contributed by atoms with Gasteiger partial charge in [-0.2, -0.15) is 0 Å². The fourth-order valence-corrected chi connectivity index (χ4v) is 0.714. The lowest BCUT2D eigenvalue weighted by Crippen LogP contribution is -2.46. The fraction of sp³-hybridized carbons (Fsp3) is 0.833. The number of nitrogens with one attached hydrogen (secondary N) is 3. The summed E-state index contributed by atoms with van der Waals surface area (Å²) < 4.78 is 0. The topological polar surface area (TPSA) is 62.1 Å². The zero-order valence-corrected chi connectivity index (χ0v) is 7.63. The van der Waals surface area contributed by atoms with E-state index in [1.54, 1.807) is 0 Å². The largest absolute Gasteiger partial charge is 0.300 e. The van der Waals surface area contributed by atoms with Crippen molar-refractivity contribution >= 4 is 17.3 Å². The van der Waals surface area contributed by atoms with Gasteiger partial charge in [0.25, 0.3) is 0 Å². The molecule has 11 heavy (non-hydrogen) atoms. The summed E-state index contributed by atoms with van der Waals surface area (Å²) in [7, 11) is 0. The zero-order chi connectivity index (χ0) is 8.53. The molecular formula is C6H16N4S. The molecule has 0 spiro atoms. The van der Waals surface area contributed by atoms with Crippen molar-refractivity contribution in [1.29, 1.82) is 0 Å². The molecule has 4 nitrogen and oxygen atoms in total. The van der Waals surface area contributed by atoms with E-state index in [1.807, 2.05) is 0 Å². The van der Waals surface area contributed by atoms with Crippen LogP contribution in [0.1, 0.15) is 26.2 Å². The molecule has 66 valence electrons. The number of hydrogen-bond donors (Lipinski definition) is 4. The molecule has 0 unspecified atom stereocenters. The zero-order valence-electron chi connectivity index (χ0n) is 6.81. The summed E-state index contributed by atoms with van der Waals surface area (Å²) in [6.45, 7) is 3.08. The normalized spacial score (nSPS) is 9.27. The standard InChI is InChI=1S/C6H16N4S/c1-2-3-4-5-8-10-6(11)9-7/h8H,2-5,7H2,1H3,(H2,9,10,11). The summed E-state index contributed by atoms with van der Waals surface area (Å²) in [6, 6.07) is 0. The lowest BCUT2D eigenvalue weighted by molar-refractivity contribution is 0.589.